The molecule has 0 aliphatic carbocycles. The van der Waals surface area contributed by atoms with E-state index in [0.717, 1.165) is 10.0 Å². The highest BCUT2D eigenvalue weighted by Gasteiger charge is 2.41. The van der Waals surface area contributed by atoms with E-state index in [9.17, 15) is 13.2 Å². The number of nitrogens with zero attached hydrogens (tertiary/aromatic N) is 1. The third-order valence-electron chi connectivity index (χ3n) is 4.96. The zero-order valence-corrected chi connectivity index (χ0v) is 17.6. The van der Waals surface area contributed by atoms with Crippen molar-refractivity contribution in [3.63, 3.8) is 0 Å². The molecular formula is C20H23BrN2O3S. The van der Waals surface area contributed by atoms with Gasteiger partial charge in [0.05, 0.1) is 10.3 Å². The maximum Gasteiger partial charge on any atom is 0.243 e. The van der Waals surface area contributed by atoms with Gasteiger partial charge in [-0.25, -0.2) is 8.42 Å². The third-order valence-corrected chi connectivity index (χ3v) is 7.34. The molecule has 0 spiro atoms. The molecule has 2 aromatic rings. The Morgan fingerprint density at radius 3 is 2.48 bits per heavy atom. The first-order valence-electron chi connectivity index (χ1n) is 8.89. The molecule has 144 valence electrons. The topological polar surface area (TPSA) is 66.5 Å². The second-order valence-corrected chi connectivity index (χ2v) is 9.98. The van der Waals surface area contributed by atoms with E-state index in [2.05, 4.69) is 21.2 Å². The lowest BCUT2D eigenvalue weighted by atomic mass is 9.82. The summed E-state index contributed by atoms with van der Waals surface area (Å²) in [6.45, 7) is 2.90. The summed E-state index contributed by atoms with van der Waals surface area (Å²) in [6, 6.07) is 16.3. The van der Waals surface area contributed by atoms with Crippen LogP contribution in [-0.4, -0.2) is 31.7 Å². The van der Waals surface area contributed by atoms with E-state index in [0.29, 0.717) is 25.9 Å². The number of sulfonamides is 1. The first-order chi connectivity index (χ1) is 12.8. The number of hydrogen-bond acceptors (Lipinski definition) is 3. The van der Waals surface area contributed by atoms with Gasteiger partial charge >= 0.3 is 0 Å². The van der Waals surface area contributed by atoms with E-state index >= 15 is 0 Å². The number of carbonyl (C=O) groups excluding carboxylic acids is 1. The van der Waals surface area contributed by atoms with Crippen molar-refractivity contribution in [3.05, 3.63) is 64.6 Å². The van der Waals surface area contributed by atoms with Crippen LogP contribution in [0.25, 0.3) is 0 Å². The standard InChI is InChI=1S/C20H23BrN2O3S/c1-20(19(24)22-14-16-6-3-2-4-7-16)12-5-13-23(15-20)27(25,26)18-10-8-17(21)9-11-18/h2-4,6-11H,5,12-15H2,1H3,(H,22,24). The second kappa shape index (κ2) is 8.12. The van der Waals surface area contributed by atoms with Gasteiger partial charge in [0.2, 0.25) is 15.9 Å². The predicted octanol–water partition coefficient (Wildman–Crippen LogP) is 3.56. The Morgan fingerprint density at radius 1 is 1.15 bits per heavy atom. The van der Waals surface area contributed by atoms with Crippen molar-refractivity contribution in [2.24, 2.45) is 5.41 Å². The SMILES string of the molecule is CC1(C(=O)NCc2ccccc2)CCCN(S(=O)(=O)c2ccc(Br)cc2)C1. The molecule has 1 saturated heterocycles. The lowest BCUT2D eigenvalue weighted by Crippen LogP contribution is -2.51. The van der Waals surface area contributed by atoms with Crippen LogP contribution in [0.3, 0.4) is 0 Å². The average molecular weight is 451 g/mol. The normalized spacial score (nSPS) is 21.0. The Balaban J connectivity index is 1.72. The zero-order valence-electron chi connectivity index (χ0n) is 15.2. The molecule has 2 aromatic carbocycles. The molecule has 1 aliphatic heterocycles. The molecule has 27 heavy (non-hydrogen) atoms. The molecular weight excluding hydrogens is 428 g/mol. The van der Waals surface area contributed by atoms with Crippen molar-refractivity contribution >= 4 is 31.9 Å². The number of rotatable bonds is 5. The van der Waals surface area contributed by atoms with Crippen molar-refractivity contribution < 1.29 is 13.2 Å². The number of nitrogens with one attached hydrogen (secondary N) is 1. The summed E-state index contributed by atoms with van der Waals surface area (Å²) in [5, 5.41) is 2.96. The van der Waals surface area contributed by atoms with E-state index in [-0.39, 0.29) is 17.3 Å². The number of halogens is 1. The van der Waals surface area contributed by atoms with Gasteiger partial charge in [0.1, 0.15) is 0 Å². The van der Waals surface area contributed by atoms with Crippen LogP contribution in [-0.2, 0) is 21.4 Å². The largest absolute Gasteiger partial charge is 0.352 e. The van der Waals surface area contributed by atoms with Crippen LogP contribution in [0.1, 0.15) is 25.3 Å². The van der Waals surface area contributed by atoms with Crippen molar-refractivity contribution in [2.75, 3.05) is 13.1 Å². The van der Waals surface area contributed by atoms with E-state index < -0.39 is 15.4 Å². The molecule has 0 radical (unpaired) electrons. The van der Waals surface area contributed by atoms with E-state index in [1.54, 1.807) is 24.3 Å². The molecule has 1 heterocycles. The number of piperidine rings is 1. The van der Waals surface area contributed by atoms with Crippen molar-refractivity contribution in [1.82, 2.24) is 9.62 Å². The van der Waals surface area contributed by atoms with E-state index in [1.165, 1.54) is 4.31 Å². The minimum absolute atomic E-state index is 0.109. The maximum absolute atomic E-state index is 13.0. The summed E-state index contributed by atoms with van der Waals surface area (Å²) in [5.74, 6) is -0.109. The number of hydrogen-bond donors (Lipinski definition) is 1. The molecule has 0 aromatic heterocycles. The lowest BCUT2D eigenvalue weighted by molar-refractivity contribution is -0.132. The van der Waals surface area contributed by atoms with Gasteiger partial charge in [0.25, 0.3) is 0 Å². The first kappa shape index (κ1) is 20.0. The van der Waals surface area contributed by atoms with Crippen LogP contribution in [0.5, 0.6) is 0 Å². The van der Waals surface area contributed by atoms with Crippen LogP contribution in [0.2, 0.25) is 0 Å². The van der Waals surface area contributed by atoms with Crippen LogP contribution in [0.15, 0.2) is 64.0 Å². The van der Waals surface area contributed by atoms with Gasteiger partial charge < -0.3 is 5.32 Å². The van der Waals surface area contributed by atoms with Crippen LogP contribution in [0, 0.1) is 5.41 Å². The number of amides is 1. The predicted molar refractivity (Wildman–Crippen MR) is 109 cm³/mol. The molecule has 1 aliphatic rings. The van der Waals surface area contributed by atoms with Crippen molar-refractivity contribution in [2.45, 2.75) is 31.2 Å². The highest BCUT2D eigenvalue weighted by Crippen LogP contribution is 2.33. The summed E-state index contributed by atoms with van der Waals surface area (Å²) in [7, 11) is -3.62. The molecule has 1 N–H and O–H groups in total. The van der Waals surface area contributed by atoms with Gasteiger partial charge in [-0.1, -0.05) is 46.3 Å². The van der Waals surface area contributed by atoms with Crippen molar-refractivity contribution in [1.29, 1.82) is 0 Å². The highest BCUT2D eigenvalue weighted by atomic mass is 79.9. The molecule has 1 amide bonds. The molecule has 0 bridgehead atoms. The molecule has 3 rings (SSSR count). The van der Waals surface area contributed by atoms with Gasteiger partial charge in [-0.2, -0.15) is 4.31 Å². The Bertz CT molecular complexity index is 901. The minimum Gasteiger partial charge on any atom is -0.352 e. The van der Waals surface area contributed by atoms with Crippen LogP contribution in [0.4, 0.5) is 0 Å². The number of benzene rings is 2. The second-order valence-electron chi connectivity index (χ2n) is 7.13. The highest BCUT2D eigenvalue weighted by molar-refractivity contribution is 9.10. The summed E-state index contributed by atoms with van der Waals surface area (Å²) < 4.78 is 28.2. The fraction of sp³-hybridized carbons (Fsp3) is 0.350. The Morgan fingerprint density at radius 2 is 1.81 bits per heavy atom. The maximum atomic E-state index is 13.0. The van der Waals surface area contributed by atoms with Crippen LogP contribution < -0.4 is 5.32 Å². The van der Waals surface area contributed by atoms with E-state index in [4.69, 9.17) is 0 Å². The van der Waals surface area contributed by atoms with Gasteiger partial charge in [-0.05, 0) is 49.6 Å². The summed E-state index contributed by atoms with van der Waals surface area (Å²) in [5.41, 5.74) is 0.278. The first-order valence-corrected chi connectivity index (χ1v) is 11.1. The van der Waals surface area contributed by atoms with Gasteiger partial charge in [0.15, 0.2) is 0 Å². The smallest absolute Gasteiger partial charge is 0.243 e. The van der Waals surface area contributed by atoms with Gasteiger partial charge in [0, 0.05) is 24.1 Å². The molecule has 0 saturated carbocycles. The number of carbonyl (C=O) groups is 1. The molecule has 1 unspecified atom stereocenters. The molecule has 5 nitrogen and oxygen atoms in total. The summed E-state index contributed by atoms with van der Waals surface area (Å²) in [6.07, 6.45) is 1.32. The van der Waals surface area contributed by atoms with Gasteiger partial charge in [-0.15, -0.1) is 0 Å². The van der Waals surface area contributed by atoms with E-state index in [1.807, 2.05) is 37.3 Å². The summed E-state index contributed by atoms with van der Waals surface area (Å²) in [4.78, 5) is 13.1. The third kappa shape index (κ3) is 4.59. The quantitative estimate of drug-likeness (QED) is 0.756. The Kier molecular flexibility index (Phi) is 6.03. The van der Waals surface area contributed by atoms with Crippen LogP contribution >= 0.6 is 15.9 Å². The minimum atomic E-state index is -3.62. The Hall–Kier alpha value is -1.70. The fourth-order valence-electron chi connectivity index (χ4n) is 3.33. The zero-order chi connectivity index (χ0) is 19.5. The molecule has 1 fully saturated rings. The van der Waals surface area contributed by atoms with Crippen molar-refractivity contribution in [3.8, 4) is 0 Å². The monoisotopic (exact) mass is 450 g/mol. The molecule has 1 atom stereocenters. The van der Waals surface area contributed by atoms with Gasteiger partial charge in [-0.3, -0.25) is 4.79 Å². The summed E-state index contributed by atoms with van der Waals surface area (Å²) >= 11 is 3.32. The average Bonchev–Trinajstić information content (AvgIpc) is 2.67. The lowest BCUT2D eigenvalue weighted by Gasteiger charge is -2.38. The Labute approximate surface area is 169 Å². The fourth-order valence-corrected chi connectivity index (χ4v) is 5.20. The molecule has 7 heteroatoms.